The second kappa shape index (κ2) is 5.74. The van der Waals surface area contributed by atoms with Crippen molar-refractivity contribution < 1.29 is 14.6 Å². The van der Waals surface area contributed by atoms with Crippen molar-refractivity contribution in [1.29, 1.82) is 0 Å². The van der Waals surface area contributed by atoms with Crippen LogP contribution in [0.2, 0.25) is 0 Å². The minimum Gasteiger partial charge on any atom is -0.351 e. The summed E-state index contributed by atoms with van der Waals surface area (Å²) in [7, 11) is 0. The fraction of sp³-hybridized carbons (Fsp3) is 0.632. The summed E-state index contributed by atoms with van der Waals surface area (Å²) in [6.45, 7) is 2.95. The zero-order valence-corrected chi connectivity index (χ0v) is 15.5. The quantitative estimate of drug-likeness (QED) is 0.640. The molecule has 4 saturated carbocycles. The number of carbonyl (C=O) groups excluding carboxylic acids is 1. The Morgan fingerprint density at radius 3 is 2.04 bits per heavy atom. The van der Waals surface area contributed by atoms with E-state index in [2.05, 4.69) is 5.32 Å². The number of nitrogens with one attached hydrogen (secondary N) is 1. The molecular weight excluding hydrogens is 350 g/mol. The molecule has 1 N–H and O–H groups in total. The molecule has 1 aromatic rings. The van der Waals surface area contributed by atoms with Crippen molar-refractivity contribution in [2.24, 2.45) is 11.8 Å². The summed E-state index contributed by atoms with van der Waals surface area (Å²) in [6.07, 6.45) is 5.43. The molecule has 0 spiro atoms. The first-order valence-electron chi connectivity index (χ1n) is 9.36. The summed E-state index contributed by atoms with van der Waals surface area (Å²) in [5, 5.41) is 26.2. The highest BCUT2D eigenvalue weighted by Gasteiger charge is 2.59. The fourth-order valence-electron chi connectivity index (χ4n) is 6.49. The van der Waals surface area contributed by atoms with Gasteiger partial charge in [-0.1, -0.05) is 0 Å². The van der Waals surface area contributed by atoms with Crippen molar-refractivity contribution in [2.75, 3.05) is 0 Å². The van der Waals surface area contributed by atoms with E-state index in [1.54, 1.807) is 0 Å². The topological polar surface area (TPSA) is 115 Å². The van der Waals surface area contributed by atoms with Crippen LogP contribution in [-0.2, 0) is 10.2 Å². The molecule has 144 valence electrons. The van der Waals surface area contributed by atoms with E-state index in [1.165, 1.54) is 26.0 Å². The summed E-state index contributed by atoms with van der Waals surface area (Å²) in [5.41, 5.74) is -0.224. The molecule has 0 radical (unpaired) electrons. The maximum Gasteiger partial charge on any atom is 0.279 e. The van der Waals surface area contributed by atoms with Crippen molar-refractivity contribution in [3.8, 4) is 0 Å². The van der Waals surface area contributed by atoms with E-state index >= 15 is 0 Å². The monoisotopic (exact) mass is 373 g/mol. The Morgan fingerprint density at radius 2 is 1.59 bits per heavy atom. The predicted molar refractivity (Wildman–Crippen MR) is 97.4 cm³/mol. The molecular formula is C19H23N3O5. The van der Waals surface area contributed by atoms with Gasteiger partial charge in [0.1, 0.15) is 5.56 Å². The lowest BCUT2D eigenvalue weighted by Gasteiger charge is -2.62. The Morgan fingerprint density at radius 1 is 1.07 bits per heavy atom. The van der Waals surface area contributed by atoms with Gasteiger partial charge in [-0.2, -0.15) is 0 Å². The lowest BCUT2D eigenvalue weighted by molar-refractivity contribution is -0.395. The predicted octanol–water partition coefficient (Wildman–Crippen LogP) is 3.54. The molecule has 4 aliphatic rings. The van der Waals surface area contributed by atoms with Gasteiger partial charge in [-0.25, -0.2) is 0 Å². The SMILES string of the molecule is CC(=O)NC12C[C@H]3C[C@H](C1)CC(c1cc([N+](=O)[O-])c(C)c([N+](=O)[O-])c1)(C3)C2. The van der Waals surface area contributed by atoms with Crippen LogP contribution in [0.25, 0.3) is 0 Å². The normalized spacial score (nSPS) is 33.7. The van der Waals surface area contributed by atoms with Crippen LogP contribution in [-0.4, -0.2) is 21.3 Å². The second-order valence-corrected chi connectivity index (χ2v) is 8.86. The highest BCUT2D eigenvalue weighted by atomic mass is 16.6. The van der Waals surface area contributed by atoms with Gasteiger partial charge >= 0.3 is 0 Å². The van der Waals surface area contributed by atoms with Crippen LogP contribution in [0.4, 0.5) is 11.4 Å². The maximum atomic E-state index is 11.8. The first-order chi connectivity index (χ1) is 12.6. The van der Waals surface area contributed by atoms with Gasteiger partial charge in [0.05, 0.1) is 9.85 Å². The Labute approximate surface area is 156 Å². The zero-order chi connectivity index (χ0) is 19.6. The summed E-state index contributed by atoms with van der Waals surface area (Å²) >= 11 is 0. The third kappa shape index (κ3) is 2.78. The lowest BCUT2D eigenvalue weighted by Crippen LogP contribution is -2.64. The summed E-state index contributed by atoms with van der Waals surface area (Å²) in [6, 6.07) is 3.08. The number of carbonyl (C=O) groups is 1. The molecule has 0 saturated heterocycles. The highest BCUT2D eigenvalue weighted by molar-refractivity contribution is 5.74. The smallest absolute Gasteiger partial charge is 0.279 e. The molecule has 8 nitrogen and oxygen atoms in total. The molecule has 8 heteroatoms. The van der Waals surface area contributed by atoms with Gasteiger partial charge in [-0.05, 0) is 68.3 Å². The minimum absolute atomic E-state index is 0.0621. The van der Waals surface area contributed by atoms with E-state index in [0.717, 1.165) is 32.1 Å². The van der Waals surface area contributed by atoms with Crippen molar-refractivity contribution in [1.82, 2.24) is 5.32 Å². The fourth-order valence-corrected chi connectivity index (χ4v) is 6.49. The van der Waals surface area contributed by atoms with Crippen molar-refractivity contribution in [2.45, 2.75) is 63.3 Å². The number of rotatable bonds is 4. The summed E-state index contributed by atoms with van der Waals surface area (Å²) in [5.74, 6) is 0.822. The number of amides is 1. The van der Waals surface area contributed by atoms with Gasteiger partial charge in [0.2, 0.25) is 5.91 Å². The summed E-state index contributed by atoms with van der Waals surface area (Å²) < 4.78 is 0. The van der Waals surface area contributed by atoms with Crippen LogP contribution in [0.3, 0.4) is 0 Å². The number of nitrogens with zero attached hydrogens (tertiary/aromatic N) is 2. The number of nitro benzene ring substituents is 2. The molecule has 5 rings (SSSR count). The van der Waals surface area contributed by atoms with Crippen molar-refractivity contribution in [3.05, 3.63) is 43.5 Å². The zero-order valence-electron chi connectivity index (χ0n) is 15.5. The maximum absolute atomic E-state index is 11.8. The van der Waals surface area contributed by atoms with Gasteiger partial charge in [0.15, 0.2) is 0 Å². The van der Waals surface area contributed by atoms with Crippen molar-refractivity contribution in [3.63, 3.8) is 0 Å². The van der Waals surface area contributed by atoms with Gasteiger partial charge in [-0.3, -0.25) is 25.0 Å². The average molecular weight is 373 g/mol. The number of hydrogen-bond donors (Lipinski definition) is 1. The van der Waals surface area contributed by atoms with E-state index in [0.29, 0.717) is 23.8 Å². The van der Waals surface area contributed by atoms with Crippen LogP contribution >= 0.6 is 0 Å². The molecule has 1 amide bonds. The second-order valence-electron chi connectivity index (χ2n) is 8.86. The number of benzene rings is 1. The van der Waals surface area contributed by atoms with Crippen LogP contribution in [0.5, 0.6) is 0 Å². The lowest BCUT2D eigenvalue weighted by atomic mass is 9.45. The molecule has 0 heterocycles. The minimum atomic E-state index is -0.532. The Kier molecular flexibility index (Phi) is 3.80. The molecule has 4 bridgehead atoms. The van der Waals surface area contributed by atoms with Gasteiger partial charge in [0, 0.05) is 24.6 Å². The molecule has 0 aliphatic heterocycles. The van der Waals surface area contributed by atoms with E-state index in [9.17, 15) is 25.0 Å². The van der Waals surface area contributed by atoms with Crippen LogP contribution in [0.1, 0.15) is 56.6 Å². The molecule has 0 aromatic heterocycles. The van der Waals surface area contributed by atoms with Gasteiger partial charge in [-0.15, -0.1) is 0 Å². The standard InChI is InChI=1S/C19H23N3O5/c1-11-16(21(24)25)4-15(5-17(11)22(26)27)18-6-13-3-14(7-18)9-19(8-13,10-18)20-12(2)23/h4-5,13-14H,3,6-10H2,1-2H3,(H,20,23)/t13-,14-,18?,19?/m0/s1. The van der Waals surface area contributed by atoms with E-state index in [4.69, 9.17) is 0 Å². The highest BCUT2D eigenvalue weighted by Crippen LogP contribution is 2.62. The molecule has 4 aliphatic carbocycles. The van der Waals surface area contributed by atoms with Crippen LogP contribution in [0, 0.1) is 39.0 Å². The van der Waals surface area contributed by atoms with Gasteiger partial charge < -0.3 is 5.32 Å². The summed E-state index contributed by atoms with van der Waals surface area (Å²) in [4.78, 5) is 33.8. The average Bonchev–Trinajstić information content (AvgIpc) is 2.51. The number of hydrogen-bond acceptors (Lipinski definition) is 5. The van der Waals surface area contributed by atoms with Crippen LogP contribution in [0.15, 0.2) is 12.1 Å². The molecule has 0 unspecified atom stereocenters. The van der Waals surface area contributed by atoms with E-state index in [-0.39, 0.29) is 33.8 Å². The van der Waals surface area contributed by atoms with E-state index < -0.39 is 9.85 Å². The third-order valence-electron chi connectivity index (χ3n) is 6.86. The molecule has 4 fully saturated rings. The first kappa shape index (κ1) is 17.9. The van der Waals surface area contributed by atoms with E-state index in [1.807, 2.05) is 0 Å². The number of nitro groups is 2. The molecule has 2 atom stereocenters. The Hall–Kier alpha value is -2.51. The van der Waals surface area contributed by atoms with Crippen LogP contribution < -0.4 is 5.32 Å². The Bertz CT molecular complexity index is 816. The first-order valence-corrected chi connectivity index (χ1v) is 9.36. The van der Waals surface area contributed by atoms with Crippen molar-refractivity contribution >= 4 is 17.3 Å². The molecule has 27 heavy (non-hydrogen) atoms. The third-order valence-corrected chi connectivity index (χ3v) is 6.86. The molecule has 1 aromatic carbocycles. The Balaban J connectivity index is 1.84. The largest absolute Gasteiger partial charge is 0.351 e. The van der Waals surface area contributed by atoms with Gasteiger partial charge in [0.25, 0.3) is 11.4 Å².